The first-order valence-electron chi connectivity index (χ1n) is 6.79. The molecule has 0 bridgehead atoms. The molecule has 0 aromatic carbocycles. The van der Waals surface area contributed by atoms with Crippen molar-refractivity contribution in [2.45, 2.75) is 19.3 Å². The van der Waals surface area contributed by atoms with Gasteiger partial charge in [0, 0.05) is 25.1 Å². The van der Waals surface area contributed by atoms with E-state index in [1.165, 1.54) is 25.3 Å². The van der Waals surface area contributed by atoms with Crippen LogP contribution in [0.25, 0.3) is 11.0 Å². The molecule has 0 saturated heterocycles. The summed E-state index contributed by atoms with van der Waals surface area (Å²) in [6.45, 7) is 0.291. The van der Waals surface area contributed by atoms with Crippen LogP contribution in [-0.2, 0) is 9.47 Å². The van der Waals surface area contributed by atoms with Gasteiger partial charge in [0.1, 0.15) is 12.4 Å². The largest absolute Gasteiger partial charge is 0.462 e. The molecule has 0 radical (unpaired) electrons. The molecule has 0 saturated carbocycles. The molecule has 0 atom stereocenters. The van der Waals surface area contributed by atoms with Gasteiger partial charge in [0.05, 0.1) is 17.9 Å². The van der Waals surface area contributed by atoms with Crippen LogP contribution in [0.4, 0.5) is 13.2 Å². The fourth-order valence-corrected chi connectivity index (χ4v) is 1.90. The van der Waals surface area contributed by atoms with Crippen LogP contribution < -0.4 is 0 Å². The molecule has 0 aliphatic heterocycles. The SMILES string of the molecule is COCC(F)(F)CCOC(=O)c1cnc2nc(C)c(F)cc2c1. The Kier molecular flexibility index (Phi) is 5.15. The molecule has 2 aromatic rings. The zero-order valence-corrected chi connectivity index (χ0v) is 12.6. The molecular formula is C15H15F3N2O3. The zero-order valence-electron chi connectivity index (χ0n) is 12.6. The van der Waals surface area contributed by atoms with E-state index in [9.17, 15) is 18.0 Å². The van der Waals surface area contributed by atoms with E-state index in [0.717, 1.165) is 7.11 Å². The minimum absolute atomic E-state index is 0.0395. The van der Waals surface area contributed by atoms with Gasteiger partial charge in [0.25, 0.3) is 5.92 Å². The average Bonchev–Trinajstić information content (AvgIpc) is 2.47. The first-order chi connectivity index (χ1) is 10.8. The molecular weight excluding hydrogens is 313 g/mol. The maximum absolute atomic E-state index is 13.5. The molecule has 0 spiro atoms. The summed E-state index contributed by atoms with van der Waals surface area (Å²) in [6.07, 6.45) is 0.561. The second-order valence-corrected chi connectivity index (χ2v) is 5.00. The highest BCUT2D eigenvalue weighted by molar-refractivity contribution is 5.92. The van der Waals surface area contributed by atoms with Gasteiger partial charge in [-0.2, -0.15) is 0 Å². The van der Waals surface area contributed by atoms with Crippen molar-refractivity contribution in [2.24, 2.45) is 0 Å². The smallest absolute Gasteiger partial charge is 0.339 e. The lowest BCUT2D eigenvalue weighted by molar-refractivity contribution is -0.0792. The third kappa shape index (κ3) is 4.38. The number of carbonyl (C=O) groups excluding carboxylic acids is 1. The molecule has 2 aromatic heterocycles. The Morgan fingerprint density at radius 1 is 1.35 bits per heavy atom. The molecule has 0 aliphatic carbocycles. The Balaban J connectivity index is 2.05. The molecule has 2 rings (SSSR count). The monoisotopic (exact) mass is 328 g/mol. The predicted octanol–water partition coefficient (Wildman–Crippen LogP) is 2.91. The molecule has 124 valence electrons. The molecule has 0 unspecified atom stereocenters. The molecule has 0 fully saturated rings. The molecule has 0 amide bonds. The third-order valence-corrected chi connectivity index (χ3v) is 3.09. The van der Waals surface area contributed by atoms with Gasteiger partial charge in [-0.3, -0.25) is 0 Å². The highest BCUT2D eigenvalue weighted by atomic mass is 19.3. The molecule has 8 heteroatoms. The van der Waals surface area contributed by atoms with Crippen LogP contribution >= 0.6 is 0 Å². The number of hydrogen-bond acceptors (Lipinski definition) is 5. The summed E-state index contributed by atoms with van der Waals surface area (Å²) in [5.74, 6) is -4.40. The van der Waals surface area contributed by atoms with Gasteiger partial charge in [-0.05, 0) is 19.1 Å². The van der Waals surface area contributed by atoms with Gasteiger partial charge in [-0.25, -0.2) is 27.9 Å². The number of hydrogen-bond donors (Lipinski definition) is 0. The topological polar surface area (TPSA) is 61.3 Å². The van der Waals surface area contributed by atoms with E-state index in [1.54, 1.807) is 0 Å². The van der Waals surface area contributed by atoms with Crippen LogP contribution in [0, 0.1) is 12.7 Å². The number of nitrogens with zero attached hydrogens (tertiary/aromatic N) is 2. The number of halogens is 3. The van der Waals surface area contributed by atoms with E-state index >= 15 is 0 Å². The van der Waals surface area contributed by atoms with E-state index in [2.05, 4.69) is 14.7 Å². The van der Waals surface area contributed by atoms with Gasteiger partial charge in [0.2, 0.25) is 0 Å². The number of ether oxygens (including phenoxy) is 2. The Hall–Kier alpha value is -2.22. The third-order valence-electron chi connectivity index (χ3n) is 3.09. The summed E-state index contributed by atoms with van der Waals surface area (Å²) in [6, 6.07) is 2.56. The van der Waals surface area contributed by atoms with E-state index in [1.807, 2.05) is 0 Å². The molecule has 0 aliphatic rings. The van der Waals surface area contributed by atoms with E-state index in [0.29, 0.717) is 5.39 Å². The minimum atomic E-state index is -3.07. The van der Waals surface area contributed by atoms with Crippen LogP contribution in [0.5, 0.6) is 0 Å². The normalized spacial score (nSPS) is 11.7. The van der Waals surface area contributed by atoms with E-state index in [4.69, 9.17) is 4.74 Å². The highest BCUT2D eigenvalue weighted by Crippen LogP contribution is 2.19. The number of fused-ring (bicyclic) bond motifs is 1. The van der Waals surface area contributed by atoms with Gasteiger partial charge in [-0.1, -0.05) is 0 Å². The number of aromatic nitrogens is 2. The maximum Gasteiger partial charge on any atom is 0.339 e. The standard InChI is InChI=1S/C15H15F3N2O3/c1-9-12(16)6-10-5-11(7-19-13(10)20-9)14(21)23-4-3-15(17,18)8-22-2/h5-7H,3-4,8H2,1-2H3. The molecule has 2 heterocycles. The fraction of sp³-hybridized carbons (Fsp3) is 0.400. The minimum Gasteiger partial charge on any atom is -0.462 e. The first kappa shape index (κ1) is 17.1. The Morgan fingerprint density at radius 2 is 2.09 bits per heavy atom. The van der Waals surface area contributed by atoms with E-state index in [-0.39, 0.29) is 16.9 Å². The van der Waals surface area contributed by atoms with Crippen LogP contribution in [0.15, 0.2) is 18.3 Å². The molecule has 5 nitrogen and oxygen atoms in total. The van der Waals surface area contributed by atoms with Gasteiger partial charge < -0.3 is 9.47 Å². The Labute approximate surface area is 130 Å². The Morgan fingerprint density at radius 3 is 2.78 bits per heavy atom. The van der Waals surface area contributed by atoms with Crippen molar-refractivity contribution in [1.29, 1.82) is 0 Å². The average molecular weight is 328 g/mol. The first-order valence-corrected chi connectivity index (χ1v) is 6.79. The lowest BCUT2D eigenvalue weighted by Gasteiger charge is -2.14. The molecule has 23 heavy (non-hydrogen) atoms. The second kappa shape index (κ2) is 6.91. The summed E-state index contributed by atoms with van der Waals surface area (Å²) >= 11 is 0. The fourth-order valence-electron chi connectivity index (χ4n) is 1.90. The van der Waals surface area contributed by atoms with Gasteiger partial charge in [0.15, 0.2) is 5.65 Å². The Bertz CT molecular complexity index is 722. The zero-order chi connectivity index (χ0) is 17.0. The van der Waals surface area contributed by atoms with E-state index < -0.39 is 37.3 Å². The van der Waals surface area contributed by atoms with Crippen LogP contribution in [0.2, 0.25) is 0 Å². The number of esters is 1. The van der Waals surface area contributed by atoms with Crippen LogP contribution in [-0.4, -0.2) is 42.2 Å². The number of methoxy groups -OCH3 is 1. The van der Waals surface area contributed by atoms with Crippen molar-refractivity contribution < 1.29 is 27.4 Å². The summed E-state index contributed by atoms with van der Waals surface area (Å²) in [7, 11) is 1.16. The second-order valence-electron chi connectivity index (χ2n) is 5.00. The number of carbonyl (C=O) groups is 1. The highest BCUT2D eigenvalue weighted by Gasteiger charge is 2.29. The number of alkyl halides is 2. The van der Waals surface area contributed by atoms with Crippen molar-refractivity contribution in [3.8, 4) is 0 Å². The maximum atomic E-state index is 13.5. The van der Waals surface area contributed by atoms with Crippen molar-refractivity contribution in [3.05, 3.63) is 35.4 Å². The quantitative estimate of drug-likeness (QED) is 0.763. The van der Waals surface area contributed by atoms with Gasteiger partial charge >= 0.3 is 5.97 Å². The lowest BCUT2D eigenvalue weighted by atomic mass is 10.2. The summed E-state index contributed by atoms with van der Waals surface area (Å²) in [5, 5.41) is 0.326. The van der Waals surface area contributed by atoms with Crippen LogP contribution in [0.1, 0.15) is 22.5 Å². The van der Waals surface area contributed by atoms with Crippen molar-refractivity contribution in [2.75, 3.05) is 20.3 Å². The lowest BCUT2D eigenvalue weighted by Crippen LogP contribution is -2.25. The molecule has 0 N–H and O–H groups in total. The van der Waals surface area contributed by atoms with Gasteiger partial charge in [-0.15, -0.1) is 0 Å². The van der Waals surface area contributed by atoms with Crippen molar-refractivity contribution in [1.82, 2.24) is 9.97 Å². The summed E-state index contributed by atoms with van der Waals surface area (Å²) in [5.41, 5.74) is 0.519. The number of pyridine rings is 2. The summed E-state index contributed by atoms with van der Waals surface area (Å²) < 4.78 is 49.0. The summed E-state index contributed by atoms with van der Waals surface area (Å²) in [4.78, 5) is 19.7. The van der Waals surface area contributed by atoms with Crippen LogP contribution in [0.3, 0.4) is 0 Å². The number of aryl methyl sites for hydroxylation is 1. The number of rotatable bonds is 6. The predicted molar refractivity (Wildman–Crippen MR) is 76.0 cm³/mol. The van der Waals surface area contributed by atoms with Crippen molar-refractivity contribution in [3.63, 3.8) is 0 Å². The van der Waals surface area contributed by atoms with Crippen molar-refractivity contribution >= 4 is 17.0 Å².